The number of hydrogen-bond donors (Lipinski definition) is 0. The molecule has 1 aromatic heterocycles. The third kappa shape index (κ3) is 3.65. The topological polar surface area (TPSA) is 20.3 Å². The predicted molar refractivity (Wildman–Crippen MR) is 72.8 cm³/mol. The summed E-state index contributed by atoms with van der Waals surface area (Å²) in [6.45, 7) is 3.69. The summed E-state index contributed by atoms with van der Waals surface area (Å²) in [5.41, 5.74) is 0. The minimum atomic E-state index is 0.267. The van der Waals surface area contributed by atoms with Gasteiger partial charge in [0.2, 0.25) is 0 Å². The number of rotatable bonds is 5. The highest BCUT2D eigenvalue weighted by Crippen LogP contribution is 2.25. The molecule has 1 saturated carbocycles. The van der Waals surface area contributed by atoms with Gasteiger partial charge >= 0.3 is 0 Å². The molecule has 0 spiro atoms. The lowest BCUT2D eigenvalue weighted by Crippen LogP contribution is -2.29. The Labute approximate surface area is 108 Å². The zero-order valence-electron chi connectivity index (χ0n) is 10.7. The van der Waals surface area contributed by atoms with Crippen molar-refractivity contribution in [1.29, 1.82) is 0 Å². The van der Waals surface area contributed by atoms with Crippen molar-refractivity contribution in [2.75, 3.05) is 20.1 Å². The second-order valence-electron chi connectivity index (χ2n) is 5.18. The van der Waals surface area contributed by atoms with Gasteiger partial charge in [0.15, 0.2) is 5.78 Å². The van der Waals surface area contributed by atoms with E-state index in [1.165, 1.54) is 30.6 Å². The van der Waals surface area contributed by atoms with Gasteiger partial charge in [-0.3, -0.25) is 9.69 Å². The maximum absolute atomic E-state index is 12.0. The van der Waals surface area contributed by atoms with Gasteiger partial charge in [0.1, 0.15) is 0 Å². The molecule has 0 unspecified atom stereocenters. The van der Waals surface area contributed by atoms with Crippen LogP contribution in [0.1, 0.15) is 40.2 Å². The van der Waals surface area contributed by atoms with Gasteiger partial charge in [-0.05, 0) is 44.9 Å². The Balaban J connectivity index is 1.81. The van der Waals surface area contributed by atoms with E-state index >= 15 is 0 Å². The molecule has 0 bridgehead atoms. The molecule has 0 radical (unpaired) electrons. The molecule has 1 heterocycles. The van der Waals surface area contributed by atoms with Crippen molar-refractivity contribution in [3.05, 3.63) is 21.9 Å². The summed E-state index contributed by atoms with van der Waals surface area (Å²) in [7, 11) is 2.07. The summed E-state index contributed by atoms with van der Waals surface area (Å²) in [6.07, 6.45) is 5.43. The molecule has 1 aliphatic rings. The Kier molecular flexibility index (Phi) is 4.35. The SMILES string of the molecule is Cc1ccc(C(=O)CN(C)CC2CCCC2)s1. The van der Waals surface area contributed by atoms with E-state index in [1.54, 1.807) is 11.3 Å². The molecule has 0 aromatic carbocycles. The Morgan fingerprint density at radius 3 is 2.71 bits per heavy atom. The quantitative estimate of drug-likeness (QED) is 0.748. The predicted octanol–water partition coefficient (Wildman–Crippen LogP) is 3.36. The van der Waals surface area contributed by atoms with Gasteiger partial charge in [0.25, 0.3) is 0 Å². The fourth-order valence-electron chi connectivity index (χ4n) is 2.61. The van der Waals surface area contributed by atoms with Gasteiger partial charge < -0.3 is 0 Å². The third-order valence-electron chi connectivity index (χ3n) is 3.47. The average molecular weight is 251 g/mol. The highest BCUT2D eigenvalue weighted by Gasteiger charge is 2.18. The maximum Gasteiger partial charge on any atom is 0.186 e. The van der Waals surface area contributed by atoms with Crippen molar-refractivity contribution in [3.63, 3.8) is 0 Å². The molecular formula is C14H21NOS. The van der Waals surface area contributed by atoms with Crippen LogP contribution in [-0.2, 0) is 0 Å². The molecule has 0 saturated heterocycles. The fraction of sp³-hybridized carbons (Fsp3) is 0.643. The molecule has 17 heavy (non-hydrogen) atoms. The molecular weight excluding hydrogens is 230 g/mol. The number of thiophene rings is 1. The average Bonchev–Trinajstić information content (AvgIpc) is 2.89. The lowest BCUT2D eigenvalue weighted by molar-refractivity contribution is 0.0942. The zero-order valence-corrected chi connectivity index (χ0v) is 11.6. The van der Waals surface area contributed by atoms with E-state index in [4.69, 9.17) is 0 Å². The normalized spacial score (nSPS) is 16.9. The zero-order chi connectivity index (χ0) is 12.3. The van der Waals surface area contributed by atoms with E-state index < -0.39 is 0 Å². The maximum atomic E-state index is 12.0. The highest BCUT2D eigenvalue weighted by molar-refractivity contribution is 7.14. The second-order valence-corrected chi connectivity index (χ2v) is 6.47. The Bertz CT molecular complexity index is 379. The summed E-state index contributed by atoms with van der Waals surface area (Å²) in [4.78, 5) is 16.3. The van der Waals surface area contributed by atoms with Gasteiger partial charge in [-0.15, -0.1) is 11.3 Å². The minimum Gasteiger partial charge on any atom is -0.299 e. The van der Waals surface area contributed by atoms with Crippen LogP contribution in [0.15, 0.2) is 12.1 Å². The standard InChI is InChI=1S/C14H21NOS/c1-11-7-8-14(17-11)13(16)10-15(2)9-12-5-3-4-6-12/h7-8,12H,3-6,9-10H2,1-2H3. The Morgan fingerprint density at radius 2 is 2.12 bits per heavy atom. The molecule has 1 aliphatic carbocycles. The number of carbonyl (C=O) groups excluding carboxylic acids is 1. The van der Waals surface area contributed by atoms with Crippen molar-refractivity contribution in [2.24, 2.45) is 5.92 Å². The molecule has 1 fully saturated rings. The van der Waals surface area contributed by atoms with Gasteiger partial charge in [0.05, 0.1) is 11.4 Å². The monoisotopic (exact) mass is 251 g/mol. The molecule has 0 amide bonds. The second kappa shape index (κ2) is 5.78. The van der Waals surface area contributed by atoms with Crippen LogP contribution in [0.5, 0.6) is 0 Å². The number of Topliss-reactive ketones (excluding diaryl/α,β-unsaturated/α-hetero) is 1. The Hall–Kier alpha value is -0.670. The lowest BCUT2D eigenvalue weighted by Gasteiger charge is -2.19. The van der Waals surface area contributed by atoms with Crippen molar-refractivity contribution in [2.45, 2.75) is 32.6 Å². The molecule has 2 rings (SSSR count). The number of nitrogens with zero attached hydrogens (tertiary/aromatic N) is 1. The first kappa shape index (κ1) is 12.8. The van der Waals surface area contributed by atoms with E-state index in [9.17, 15) is 4.79 Å². The summed E-state index contributed by atoms with van der Waals surface area (Å²) in [6, 6.07) is 3.97. The van der Waals surface area contributed by atoms with Crippen LogP contribution in [0.2, 0.25) is 0 Å². The summed E-state index contributed by atoms with van der Waals surface area (Å²) in [5.74, 6) is 1.08. The molecule has 2 nitrogen and oxygen atoms in total. The van der Waals surface area contributed by atoms with Crippen molar-refractivity contribution in [3.8, 4) is 0 Å². The van der Waals surface area contributed by atoms with Gasteiger partial charge in [-0.1, -0.05) is 12.8 Å². The molecule has 94 valence electrons. The number of aryl methyl sites for hydroxylation is 1. The first-order chi connectivity index (χ1) is 8.15. The van der Waals surface area contributed by atoms with Crippen LogP contribution in [0, 0.1) is 12.8 Å². The first-order valence-corrected chi connectivity index (χ1v) is 7.25. The van der Waals surface area contributed by atoms with Crippen LogP contribution in [0.4, 0.5) is 0 Å². The van der Waals surface area contributed by atoms with Crippen LogP contribution in [-0.4, -0.2) is 30.8 Å². The van der Waals surface area contributed by atoms with Gasteiger partial charge in [-0.2, -0.15) is 0 Å². The van der Waals surface area contributed by atoms with Crippen LogP contribution >= 0.6 is 11.3 Å². The highest BCUT2D eigenvalue weighted by atomic mass is 32.1. The number of ketones is 1. The van der Waals surface area contributed by atoms with E-state index in [-0.39, 0.29) is 5.78 Å². The molecule has 0 aliphatic heterocycles. The van der Waals surface area contributed by atoms with Crippen LogP contribution in [0.3, 0.4) is 0 Å². The van der Waals surface area contributed by atoms with E-state index in [2.05, 4.69) is 11.9 Å². The van der Waals surface area contributed by atoms with Gasteiger partial charge in [0, 0.05) is 11.4 Å². The number of hydrogen-bond acceptors (Lipinski definition) is 3. The summed E-state index contributed by atoms with van der Waals surface area (Å²) in [5, 5.41) is 0. The van der Waals surface area contributed by atoms with E-state index in [0.29, 0.717) is 6.54 Å². The Morgan fingerprint density at radius 1 is 1.41 bits per heavy atom. The van der Waals surface area contributed by atoms with E-state index in [0.717, 1.165) is 17.3 Å². The summed E-state index contributed by atoms with van der Waals surface area (Å²) >= 11 is 1.60. The molecule has 0 N–H and O–H groups in total. The fourth-order valence-corrected chi connectivity index (χ4v) is 3.40. The minimum absolute atomic E-state index is 0.267. The van der Waals surface area contributed by atoms with Crippen molar-refractivity contribution >= 4 is 17.1 Å². The van der Waals surface area contributed by atoms with Crippen molar-refractivity contribution in [1.82, 2.24) is 4.90 Å². The van der Waals surface area contributed by atoms with E-state index in [1.807, 2.05) is 19.1 Å². The largest absolute Gasteiger partial charge is 0.299 e. The van der Waals surface area contributed by atoms with Gasteiger partial charge in [-0.25, -0.2) is 0 Å². The number of likely N-dealkylation sites (N-methyl/N-ethyl adjacent to an activating group) is 1. The third-order valence-corrected chi connectivity index (χ3v) is 4.52. The molecule has 1 aromatic rings. The smallest absolute Gasteiger partial charge is 0.186 e. The van der Waals surface area contributed by atoms with Crippen LogP contribution < -0.4 is 0 Å². The molecule has 3 heteroatoms. The first-order valence-electron chi connectivity index (χ1n) is 6.43. The number of carbonyl (C=O) groups is 1. The lowest BCUT2D eigenvalue weighted by atomic mass is 10.1. The molecule has 0 atom stereocenters. The van der Waals surface area contributed by atoms with Crippen molar-refractivity contribution < 1.29 is 4.79 Å². The summed E-state index contributed by atoms with van der Waals surface area (Å²) < 4.78 is 0. The van der Waals surface area contributed by atoms with Crippen LogP contribution in [0.25, 0.3) is 0 Å².